The average molecular weight is 354 g/mol. The van der Waals surface area contributed by atoms with E-state index in [1.54, 1.807) is 24.4 Å². The van der Waals surface area contributed by atoms with Gasteiger partial charge in [-0.1, -0.05) is 36.7 Å². The summed E-state index contributed by atoms with van der Waals surface area (Å²) in [6.07, 6.45) is 4.00. The van der Waals surface area contributed by atoms with Gasteiger partial charge in [-0.25, -0.2) is 5.43 Å². The fourth-order valence-electron chi connectivity index (χ4n) is 2.20. The van der Waals surface area contributed by atoms with Crippen molar-refractivity contribution in [2.75, 3.05) is 0 Å². The Balaban J connectivity index is 1.63. The van der Waals surface area contributed by atoms with Gasteiger partial charge in [-0.2, -0.15) is 5.10 Å². The zero-order valence-corrected chi connectivity index (χ0v) is 14.3. The Morgan fingerprint density at radius 1 is 1.28 bits per heavy atom. The number of aryl methyl sites for hydroxylation is 1. The van der Waals surface area contributed by atoms with Crippen molar-refractivity contribution in [2.45, 2.75) is 13.3 Å². The molecule has 0 atom stereocenters. The second-order valence-electron chi connectivity index (χ2n) is 5.32. The molecule has 1 amide bonds. The molecule has 2 heterocycles. The van der Waals surface area contributed by atoms with Gasteiger partial charge in [0, 0.05) is 16.8 Å². The lowest BCUT2D eigenvalue weighted by atomic mass is 10.2. The topological polar surface area (TPSA) is 67.5 Å². The maximum absolute atomic E-state index is 12.0. The van der Waals surface area contributed by atoms with E-state index >= 15 is 0 Å². The van der Waals surface area contributed by atoms with Crippen LogP contribution >= 0.6 is 11.6 Å². The molecule has 3 rings (SSSR count). The zero-order chi connectivity index (χ0) is 17.6. The second-order valence-corrected chi connectivity index (χ2v) is 5.75. The monoisotopic (exact) mass is 353 g/mol. The van der Waals surface area contributed by atoms with E-state index in [1.165, 1.54) is 6.21 Å². The van der Waals surface area contributed by atoms with Crippen LogP contribution in [0.15, 0.2) is 64.2 Å². The number of nitrogens with one attached hydrogen (secondary N) is 1. The zero-order valence-electron chi connectivity index (χ0n) is 13.6. The van der Waals surface area contributed by atoms with Gasteiger partial charge in [-0.15, -0.1) is 0 Å². The highest BCUT2D eigenvalue weighted by molar-refractivity contribution is 6.30. The summed E-state index contributed by atoms with van der Waals surface area (Å²) in [6.45, 7) is 2.03. The van der Waals surface area contributed by atoms with Crippen LogP contribution < -0.4 is 5.43 Å². The fraction of sp³-hybridized carbons (Fsp3) is 0.105. The molecule has 0 saturated carbocycles. The standard InChI is InChI=1S/C19H16ClN3O2/c1-2-13-6-8-17(21-11-13)19(24)23-22-12-16-7-9-18(25-16)14-4-3-5-15(20)10-14/h3-12H,2H2,1H3,(H,23,24). The smallest absolute Gasteiger partial charge is 0.289 e. The van der Waals surface area contributed by atoms with E-state index in [2.05, 4.69) is 15.5 Å². The number of hydrogen-bond donors (Lipinski definition) is 1. The molecule has 1 N–H and O–H groups in total. The van der Waals surface area contributed by atoms with Crippen LogP contribution in [0.2, 0.25) is 5.02 Å². The molecule has 1 aromatic carbocycles. The summed E-state index contributed by atoms with van der Waals surface area (Å²) in [5.41, 5.74) is 4.69. The number of pyridine rings is 1. The van der Waals surface area contributed by atoms with E-state index in [0.29, 0.717) is 22.2 Å². The average Bonchev–Trinajstić information content (AvgIpc) is 3.11. The van der Waals surface area contributed by atoms with Crippen LogP contribution in [0.4, 0.5) is 0 Å². The van der Waals surface area contributed by atoms with Crippen molar-refractivity contribution < 1.29 is 9.21 Å². The molecule has 0 aliphatic heterocycles. The maximum atomic E-state index is 12.0. The number of carbonyl (C=O) groups is 1. The molecule has 25 heavy (non-hydrogen) atoms. The predicted molar refractivity (Wildman–Crippen MR) is 97.8 cm³/mol. The van der Waals surface area contributed by atoms with Crippen LogP contribution in [-0.4, -0.2) is 17.1 Å². The number of hydrazone groups is 1. The number of nitrogens with zero attached hydrogens (tertiary/aromatic N) is 2. The van der Waals surface area contributed by atoms with Gasteiger partial charge in [0.15, 0.2) is 0 Å². The van der Waals surface area contributed by atoms with Crippen LogP contribution in [0.1, 0.15) is 28.7 Å². The molecular weight excluding hydrogens is 338 g/mol. The van der Waals surface area contributed by atoms with Crippen molar-refractivity contribution in [1.82, 2.24) is 10.4 Å². The molecule has 0 aliphatic rings. The van der Waals surface area contributed by atoms with Gasteiger partial charge in [0.05, 0.1) is 6.21 Å². The Bertz CT molecular complexity index is 901. The highest BCUT2D eigenvalue weighted by Crippen LogP contribution is 2.24. The number of rotatable bonds is 5. The molecule has 0 saturated heterocycles. The first-order valence-corrected chi connectivity index (χ1v) is 8.17. The van der Waals surface area contributed by atoms with Crippen molar-refractivity contribution in [2.24, 2.45) is 5.10 Å². The first-order valence-electron chi connectivity index (χ1n) is 7.80. The van der Waals surface area contributed by atoms with Crippen LogP contribution in [-0.2, 0) is 6.42 Å². The summed E-state index contributed by atoms with van der Waals surface area (Å²) >= 11 is 5.98. The second kappa shape index (κ2) is 7.77. The molecule has 126 valence electrons. The van der Waals surface area contributed by atoms with Crippen molar-refractivity contribution >= 4 is 23.7 Å². The number of carbonyl (C=O) groups excluding carboxylic acids is 1. The lowest BCUT2D eigenvalue weighted by molar-refractivity contribution is 0.0950. The van der Waals surface area contributed by atoms with E-state index in [0.717, 1.165) is 17.5 Å². The van der Waals surface area contributed by atoms with Gasteiger partial charge in [0.2, 0.25) is 0 Å². The van der Waals surface area contributed by atoms with Gasteiger partial charge in [-0.05, 0) is 42.3 Å². The fourth-order valence-corrected chi connectivity index (χ4v) is 2.39. The van der Waals surface area contributed by atoms with Gasteiger partial charge >= 0.3 is 0 Å². The predicted octanol–water partition coefficient (Wildman–Crippen LogP) is 4.32. The third-order valence-electron chi connectivity index (χ3n) is 3.56. The number of hydrogen-bond acceptors (Lipinski definition) is 4. The Labute approximate surface area is 150 Å². The van der Waals surface area contributed by atoms with Gasteiger partial charge in [-0.3, -0.25) is 9.78 Å². The molecular formula is C19H16ClN3O2. The number of benzene rings is 1. The minimum absolute atomic E-state index is 0.313. The van der Waals surface area contributed by atoms with Crippen LogP contribution in [0.3, 0.4) is 0 Å². The Morgan fingerprint density at radius 3 is 2.88 bits per heavy atom. The van der Waals surface area contributed by atoms with Crippen molar-refractivity contribution in [3.05, 3.63) is 76.8 Å². The largest absolute Gasteiger partial charge is 0.455 e. The molecule has 6 heteroatoms. The quantitative estimate of drug-likeness (QED) is 0.548. The summed E-state index contributed by atoms with van der Waals surface area (Å²) in [6, 6.07) is 14.5. The third-order valence-corrected chi connectivity index (χ3v) is 3.79. The molecule has 0 bridgehead atoms. The lowest BCUT2D eigenvalue weighted by Gasteiger charge is -2.00. The normalized spacial score (nSPS) is 11.0. The molecule has 3 aromatic rings. The third kappa shape index (κ3) is 4.33. The minimum Gasteiger partial charge on any atom is -0.455 e. The Morgan fingerprint density at radius 2 is 2.16 bits per heavy atom. The van der Waals surface area contributed by atoms with Gasteiger partial charge < -0.3 is 4.42 Å². The van der Waals surface area contributed by atoms with Crippen molar-refractivity contribution in [1.29, 1.82) is 0 Å². The molecule has 0 unspecified atom stereocenters. The Kier molecular flexibility index (Phi) is 5.26. The van der Waals surface area contributed by atoms with Crippen molar-refractivity contribution in [3.63, 3.8) is 0 Å². The number of aromatic nitrogens is 1. The number of halogens is 1. The van der Waals surface area contributed by atoms with Crippen LogP contribution in [0.25, 0.3) is 11.3 Å². The number of amides is 1. The van der Waals surface area contributed by atoms with Crippen molar-refractivity contribution in [3.8, 4) is 11.3 Å². The minimum atomic E-state index is -0.375. The molecule has 2 aromatic heterocycles. The lowest BCUT2D eigenvalue weighted by Crippen LogP contribution is -2.18. The molecule has 0 radical (unpaired) electrons. The van der Waals surface area contributed by atoms with E-state index in [9.17, 15) is 4.79 Å². The molecule has 0 aliphatic carbocycles. The Hall–Kier alpha value is -2.92. The van der Waals surface area contributed by atoms with E-state index in [-0.39, 0.29) is 5.91 Å². The molecule has 0 spiro atoms. The van der Waals surface area contributed by atoms with E-state index < -0.39 is 0 Å². The summed E-state index contributed by atoms with van der Waals surface area (Å²) in [5.74, 6) is 0.817. The highest BCUT2D eigenvalue weighted by Gasteiger charge is 2.06. The SMILES string of the molecule is CCc1ccc(C(=O)NN=Cc2ccc(-c3cccc(Cl)c3)o2)nc1. The first kappa shape index (κ1) is 16.9. The van der Waals surface area contributed by atoms with Gasteiger partial charge in [0.25, 0.3) is 5.91 Å². The van der Waals surface area contributed by atoms with Gasteiger partial charge in [0.1, 0.15) is 17.2 Å². The van der Waals surface area contributed by atoms with Crippen LogP contribution in [0, 0.1) is 0 Å². The van der Waals surface area contributed by atoms with E-state index in [4.69, 9.17) is 16.0 Å². The summed E-state index contributed by atoms with van der Waals surface area (Å²) < 4.78 is 5.67. The summed E-state index contributed by atoms with van der Waals surface area (Å²) in [4.78, 5) is 16.1. The first-order chi connectivity index (χ1) is 12.2. The number of furan rings is 1. The van der Waals surface area contributed by atoms with Crippen LogP contribution in [0.5, 0.6) is 0 Å². The molecule has 0 fully saturated rings. The van der Waals surface area contributed by atoms with E-state index in [1.807, 2.05) is 37.3 Å². The maximum Gasteiger partial charge on any atom is 0.289 e. The summed E-state index contributed by atoms with van der Waals surface area (Å²) in [7, 11) is 0. The highest BCUT2D eigenvalue weighted by atomic mass is 35.5. The summed E-state index contributed by atoms with van der Waals surface area (Å²) in [5, 5.41) is 4.54. The molecule has 5 nitrogen and oxygen atoms in total.